The smallest absolute Gasteiger partial charge is 0.161 e. The molecule has 0 fully saturated rings. The summed E-state index contributed by atoms with van der Waals surface area (Å²) in [4.78, 5) is 0. The summed E-state index contributed by atoms with van der Waals surface area (Å²) in [6.45, 7) is 7.30. The Bertz CT molecular complexity index is 266. The second-order valence-corrected chi connectivity index (χ2v) is 2.64. The maximum Gasteiger partial charge on any atom is 0.161 e. The van der Waals surface area contributed by atoms with Gasteiger partial charge in [0.15, 0.2) is 5.76 Å². The molecule has 0 rings (SSSR count). The lowest BCUT2D eigenvalue weighted by Crippen LogP contribution is -1.81. The van der Waals surface area contributed by atoms with Crippen LogP contribution in [0.2, 0.25) is 0 Å². The van der Waals surface area contributed by atoms with Crippen LogP contribution < -0.4 is 0 Å². The van der Waals surface area contributed by atoms with Crippen LogP contribution in [0.5, 0.6) is 0 Å². The highest BCUT2D eigenvalue weighted by molar-refractivity contribution is 5.21. The Labute approximate surface area is 79.5 Å². The van der Waals surface area contributed by atoms with Gasteiger partial charge in [-0.3, -0.25) is 0 Å². The molecule has 0 aromatic rings. The van der Waals surface area contributed by atoms with Crippen LogP contribution in [0.3, 0.4) is 0 Å². The molecule has 1 N–H and O–H groups in total. The molecule has 72 valence electrons. The Morgan fingerprint density at radius 3 is 2.62 bits per heavy atom. The molecule has 0 unspecified atom stereocenters. The SMILES string of the molecule is C=C(C)C(O)=C=CC(=CCC)OC. The Hall–Kier alpha value is -1.40. The van der Waals surface area contributed by atoms with Gasteiger partial charge in [-0.15, -0.1) is 0 Å². The first-order chi connectivity index (χ1) is 6.11. The Morgan fingerprint density at radius 2 is 2.23 bits per heavy atom. The van der Waals surface area contributed by atoms with Gasteiger partial charge in [-0.05, 0) is 25.0 Å². The fourth-order valence-corrected chi connectivity index (χ4v) is 0.665. The predicted molar refractivity (Wildman–Crippen MR) is 54.4 cm³/mol. The minimum atomic E-state index is 0.0547. The van der Waals surface area contributed by atoms with Crippen LogP contribution in [-0.2, 0) is 4.74 Å². The molecule has 0 heterocycles. The highest BCUT2D eigenvalue weighted by Gasteiger charge is 1.90. The third-order valence-corrected chi connectivity index (χ3v) is 1.40. The molecule has 0 radical (unpaired) electrons. The number of hydrogen-bond donors (Lipinski definition) is 1. The Morgan fingerprint density at radius 1 is 1.62 bits per heavy atom. The average Bonchev–Trinajstić information content (AvgIpc) is 2.11. The van der Waals surface area contributed by atoms with E-state index in [1.54, 1.807) is 20.1 Å². The number of aliphatic hydroxyl groups is 1. The number of rotatable bonds is 4. The summed E-state index contributed by atoms with van der Waals surface area (Å²) in [5.74, 6) is 0.745. The minimum Gasteiger partial charge on any atom is -0.501 e. The Balaban J connectivity index is 4.65. The number of hydrogen-bond acceptors (Lipinski definition) is 2. The van der Waals surface area contributed by atoms with Gasteiger partial charge < -0.3 is 9.84 Å². The van der Waals surface area contributed by atoms with Crippen molar-refractivity contribution in [3.05, 3.63) is 41.6 Å². The van der Waals surface area contributed by atoms with E-state index in [4.69, 9.17) is 4.74 Å². The third kappa shape index (κ3) is 4.94. The summed E-state index contributed by atoms with van der Waals surface area (Å²) in [5, 5.41) is 9.23. The lowest BCUT2D eigenvalue weighted by Gasteiger charge is -1.97. The Kier molecular flexibility index (Phi) is 5.49. The van der Waals surface area contributed by atoms with Crippen molar-refractivity contribution in [2.24, 2.45) is 0 Å². The zero-order valence-electron chi connectivity index (χ0n) is 8.42. The topological polar surface area (TPSA) is 29.5 Å². The van der Waals surface area contributed by atoms with Crippen molar-refractivity contribution >= 4 is 0 Å². The van der Waals surface area contributed by atoms with Crippen LogP contribution in [0.15, 0.2) is 41.6 Å². The summed E-state index contributed by atoms with van der Waals surface area (Å²) >= 11 is 0. The highest BCUT2D eigenvalue weighted by atomic mass is 16.5. The monoisotopic (exact) mass is 180 g/mol. The normalized spacial score (nSPS) is 10.2. The lowest BCUT2D eigenvalue weighted by atomic mass is 10.3. The second kappa shape index (κ2) is 6.15. The van der Waals surface area contributed by atoms with Crippen LogP contribution in [0.4, 0.5) is 0 Å². The van der Waals surface area contributed by atoms with Crippen molar-refractivity contribution in [1.29, 1.82) is 0 Å². The van der Waals surface area contributed by atoms with Crippen molar-refractivity contribution in [1.82, 2.24) is 0 Å². The van der Waals surface area contributed by atoms with Crippen molar-refractivity contribution < 1.29 is 9.84 Å². The first-order valence-corrected chi connectivity index (χ1v) is 4.17. The largest absolute Gasteiger partial charge is 0.501 e. The van der Waals surface area contributed by atoms with Gasteiger partial charge in [0.25, 0.3) is 0 Å². The molecule has 0 aromatic carbocycles. The molecule has 0 aromatic heterocycles. The van der Waals surface area contributed by atoms with E-state index < -0.39 is 0 Å². The minimum absolute atomic E-state index is 0.0547. The molecule has 0 spiro atoms. The zero-order chi connectivity index (χ0) is 10.3. The third-order valence-electron chi connectivity index (χ3n) is 1.40. The molecule has 0 saturated carbocycles. The number of aliphatic hydroxyl groups excluding tert-OH is 1. The van der Waals surface area contributed by atoms with Crippen LogP contribution >= 0.6 is 0 Å². The summed E-state index contributed by atoms with van der Waals surface area (Å²) in [5.41, 5.74) is 3.26. The molecule has 0 aliphatic rings. The van der Waals surface area contributed by atoms with Gasteiger partial charge in [0, 0.05) is 6.08 Å². The van der Waals surface area contributed by atoms with E-state index in [0.29, 0.717) is 11.3 Å². The van der Waals surface area contributed by atoms with E-state index in [-0.39, 0.29) is 5.76 Å². The van der Waals surface area contributed by atoms with Gasteiger partial charge in [0.1, 0.15) is 5.76 Å². The van der Waals surface area contributed by atoms with Crippen molar-refractivity contribution in [2.75, 3.05) is 7.11 Å². The number of ether oxygens (including phenoxy) is 1. The molecule has 2 heteroatoms. The molecular weight excluding hydrogens is 164 g/mol. The van der Waals surface area contributed by atoms with E-state index in [2.05, 4.69) is 12.3 Å². The summed E-state index contributed by atoms with van der Waals surface area (Å²) in [6, 6.07) is 0. The molecule has 0 bridgehead atoms. The van der Waals surface area contributed by atoms with E-state index in [1.807, 2.05) is 13.0 Å². The maximum atomic E-state index is 9.23. The summed E-state index contributed by atoms with van der Waals surface area (Å²) < 4.78 is 5.01. The quantitative estimate of drug-likeness (QED) is 0.409. The van der Waals surface area contributed by atoms with Gasteiger partial charge in [0.05, 0.1) is 7.11 Å². The average molecular weight is 180 g/mol. The fourth-order valence-electron chi connectivity index (χ4n) is 0.665. The van der Waals surface area contributed by atoms with Gasteiger partial charge in [0.2, 0.25) is 0 Å². The van der Waals surface area contributed by atoms with Gasteiger partial charge in [-0.25, -0.2) is 0 Å². The van der Waals surface area contributed by atoms with Crippen LogP contribution in [0, 0.1) is 0 Å². The maximum absolute atomic E-state index is 9.23. The molecule has 0 amide bonds. The number of methoxy groups -OCH3 is 1. The van der Waals surface area contributed by atoms with Gasteiger partial charge in [-0.2, -0.15) is 0 Å². The molecule has 13 heavy (non-hydrogen) atoms. The van der Waals surface area contributed by atoms with E-state index in [9.17, 15) is 5.11 Å². The first kappa shape index (κ1) is 11.6. The summed E-state index contributed by atoms with van der Waals surface area (Å²) in [7, 11) is 1.58. The highest BCUT2D eigenvalue weighted by Crippen LogP contribution is 2.02. The molecular formula is C11H16O2. The molecule has 2 nitrogen and oxygen atoms in total. The van der Waals surface area contributed by atoms with E-state index >= 15 is 0 Å². The van der Waals surface area contributed by atoms with E-state index in [0.717, 1.165) is 6.42 Å². The molecule has 0 aliphatic carbocycles. The fraction of sp³-hybridized carbons (Fsp3) is 0.364. The van der Waals surface area contributed by atoms with Crippen LogP contribution in [0.25, 0.3) is 0 Å². The molecule has 0 atom stereocenters. The second-order valence-electron chi connectivity index (χ2n) is 2.64. The summed E-state index contributed by atoms with van der Waals surface area (Å²) in [6.07, 6.45) is 4.38. The van der Waals surface area contributed by atoms with Crippen molar-refractivity contribution in [2.45, 2.75) is 20.3 Å². The van der Waals surface area contributed by atoms with Gasteiger partial charge >= 0.3 is 0 Å². The van der Waals surface area contributed by atoms with Crippen LogP contribution in [-0.4, -0.2) is 12.2 Å². The van der Waals surface area contributed by atoms with Gasteiger partial charge in [-0.1, -0.05) is 19.2 Å². The first-order valence-electron chi connectivity index (χ1n) is 4.17. The van der Waals surface area contributed by atoms with Crippen LogP contribution in [0.1, 0.15) is 20.3 Å². The van der Waals surface area contributed by atoms with Crippen molar-refractivity contribution in [3.8, 4) is 0 Å². The molecule has 0 aliphatic heterocycles. The standard InChI is InChI=1S/C11H16O2/c1-5-6-10(13-4)7-8-11(12)9(2)3/h6-7,12H,2,5H2,1,3-4H3. The number of allylic oxidation sites excluding steroid dienone is 2. The lowest BCUT2D eigenvalue weighted by molar-refractivity contribution is 0.305. The predicted octanol–water partition coefficient (Wildman–Crippen LogP) is 3.10. The molecule has 0 saturated heterocycles. The zero-order valence-corrected chi connectivity index (χ0v) is 8.42. The van der Waals surface area contributed by atoms with Crippen molar-refractivity contribution in [3.63, 3.8) is 0 Å². The van der Waals surface area contributed by atoms with E-state index in [1.165, 1.54) is 0 Å².